The zero-order valence-electron chi connectivity index (χ0n) is 6.12. The van der Waals surface area contributed by atoms with Gasteiger partial charge in [0.1, 0.15) is 21.3 Å². The number of hydrogen-bond donors (Lipinski definition) is 0. The molecule has 0 rings (SSSR count). The summed E-state index contributed by atoms with van der Waals surface area (Å²) in [5.41, 5.74) is 0. The molecule has 0 aliphatic carbocycles. The molecule has 0 fully saturated rings. The summed E-state index contributed by atoms with van der Waals surface area (Å²) in [5, 5.41) is 0. The molecular formula is C3H9F6OSb. The Bertz CT molecular complexity index is 105. The summed E-state index contributed by atoms with van der Waals surface area (Å²) in [6.07, 6.45) is 0. The molecule has 74 valence electrons. The van der Waals surface area contributed by atoms with Crippen LogP contribution in [0.4, 0.5) is 16.9 Å². The normalized spacial score (nSPS) is 18.0. The van der Waals surface area contributed by atoms with Gasteiger partial charge in [0.15, 0.2) is 0 Å². The first-order chi connectivity index (χ1) is 4.18. The summed E-state index contributed by atoms with van der Waals surface area (Å²) in [7, 11) is 5.75. The zero-order valence-corrected chi connectivity index (χ0v) is 8.68. The number of halogens is 6. The second kappa shape index (κ2) is 2.69. The summed E-state index contributed by atoms with van der Waals surface area (Å²) >= 11 is -11.2. The van der Waals surface area contributed by atoms with Gasteiger partial charge < -0.3 is 4.37 Å². The summed E-state index contributed by atoms with van der Waals surface area (Å²) in [5.74, 6) is 0. The van der Waals surface area contributed by atoms with E-state index in [0.717, 1.165) is 0 Å². The Balaban J connectivity index is 0. The Morgan fingerprint density at radius 3 is 0.727 bits per heavy atom. The topological polar surface area (TPSA) is 2.70 Å². The van der Waals surface area contributed by atoms with Crippen molar-refractivity contribution in [2.75, 3.05) is 21.3 Å². The van der Waals surface area contributed by atoms with Crippen LogP contribution in [-0.2, 0) is 4.37 Å². The first-order valence-corrected chi connectivity index (χ1v) is 8.03. The van der Waals surface area contributed by atoms with Crippen molar-refractivity contribution in [3.05, 3.63) is 0 Å². The first-order valence-electron chi connectivity index (χ1n) is 2.24. The molecule has 8 heteroatoms. The molecule has 0 aromatic carbocycles. The van der Waals surface area contributed by atoms with E-state index in [-0.39, 0.29) is 0 Å². The molecule has 1 nitrogen and oxygen atoms in total. The van der Waals surface area contributed by atoms with E-state index in [4.69, 9.17) is 0 Å². The van der Waals surface area contributed by atoms with Crippen LogP contribution in [0.1, 0.15) is 0 Å². The van der Waals surface area contributed by atoms with Crippen LogP contribution in [0.5, 0.6) is 0 Å². The molecule has 0 spiro atoms. The van der Waals surface area contributed by atoms with Crippen molar-refractivity contribution in [1.82, 2.24) is 0 Å². The second-order valence-corrected chi connectivity index (χ2v) is 7.65. The molecule has 0 aromatic rings. The summed E-state index contributed by atoms with van der Waals surface area (Å²) < 4.78 is 62.1. The van der Waals surface area contributed by atoms with E-state index in [2.05, 4.69) is 4.37 Å². The molecule has 0 saturated heterocycles. The summed E-state index contributed by atoms with van der Waals surface area (Å²) in [6, 6.07) is 0. The van der Waals surface area contributed by atoms with Crippen LogP contribution in [-0.4, -0.2) is 40.8 Å². The van der Waals surface area contributed by atoms with E-state index in [9.17, 15) is 16.9 Å². The van der Waals surface area contributed by atoms with Crippen LogP contribution in [0.15, 0.2) is 0 Å². The minimum atomic E-state index is -11.2. The summed E-state index contributed by atoms with van der Waals surface area (Å²) in [4.78, 5) is 0. The fourth-order valence-electron chi connectivity index (χ4n) is 0. The molecular weight excluding hydrogens is 288 g/mol. The van der Waals surface area contributed by atoms with Gasteiger partial charge in [0.25, 0.3) is 0 Å². The van der Waals surface area contributed by atoms with Gasteiger partial charge in [-0.1, -0.05) is 0 Å². The van der Waals surface area contributed by atoms with Gasteiger partial charge in [-0.15, -0.1) is 0 Å². The van der Waals surface area contributed by atoms with Crippen LogP contribution in [0, 0.1) is 0 Å². The van der Waals surface area contributed by atoms with E-state index in [1.165, 1.54) is 0 Å². The van der Waals surface area contributed by atoms with E-state index in [1.54, 1.807) is 0 Å². The van der Waals surface area contributed by atoms with Gasteiger partial charge in [0, 0.05) is 0 Å². The Labute approximate surface area is 62.5 Å². The van der Waals surface area contributed by atoms with Gasteiger partial charge in [-0.2, -0.15) is 0 Å². The number of hydrogen-bond acceptors (Lipinski definition) is 0. The van der Waals surface area contributed by atoms with Gasteiger partial charge >= 0.3 is 36.4 Å². The SMILES string of the molecule is C[O+](C)C.[F][Sb-]([F])([F])([F])([F])[F]. The van der Waals surface area contributed by atoms with Gasteiger partial charge in [0.2, 0.25) is 0 Å². The van der Waals surface area contributed by atoms with Crippen LogP contribution in [0.2, 0.25) is 0 Å². The molecule has 0 aromatic heterocycles. The fraction of sp³-hybridized carbons (Fsp3) is 1.00. The third kappa shape index (κ3) is 5640. The fourth-order valence-corrected chi connectivity index (χ4v) is 0. The Morgan fingerprint density at radius 2 is 0.727 bits per heavy atom. The monoisotopic (exact) mass is 296 g/mol. The van der Waals surface area contributed by atoms with Gasteiger partial charge in [-0.05, 0) is 0 Å². The van der Waals surface area contributed by atoms with Crippen molar-refractivity contribution in [3.63, 3.8) is 0 Å². The molecule has 0 bridgehead atoms. The average Bonchev–Trinajstić information content (AvgIpc) is 1.11. The van der Waals surface area contributed by atoms with E-state index < -0.39 is 19.5 Å². The molecule has 11 heavy (non-hydrogen) atoms. The summed E-state index contributed by atoms with van der Waals surface area (Å²) in [6.45, 7) is 0. The predicted octanol–water partition coefficient (Wildman–Crippen LogP) is 2.57. The maximum atomic E-state index is 9.93. The van der Waals surface area contributed by atoms with Gasteiger partial charge in [0.05, 0.1) is 0 Å². The Kier molecular flexibility index (Phi) is 3.40. The molecule has 0 heterocycles. The Hall–Kier alpha value is 0.358. The van der Waals surface area contributed by atoms with Crippen molar-refractivity contribution in [3.8, 4) is 0 Å². The van der Waals surface area contributed by atoms with E-state index >= 15 is 0 Å². The van der Waals surface area contributed by atoms with Crippen LogP contribution < -0.4 is 0 Å². The average molecular weight is 297 g/mol. The maximum absolute atomic E-state index is 11.2. The first kappa shape index (κ1) is 13.9. The molecule has 0 radical (unpaired) electrons. The molecule has 0 atom stereocenters. The van der Waals surface area contributed by atoms with Crippen molar-refractivity contribution < 1.29 is 21.2 Å². The number of rotatable bonds is 0. The van der Waals surface area contributed by atoms with Crippen LogP contribution >= 0.6 is 0 Å². The van der Waals surface area contributed by atoms with Crippen molar-refractivity contribution in [1.29, 1.82) is 0 Å². The molecule has 0 unspecified atom stereocenters. The van der Waals surface area contributed by atoms with Crippen molar-refractivity contribution in [2.24, 2.45) is 0 Å². The van der Waals surface area contributed by atoms with Crippen molar-refractivity contribution in [2.45, 2.75) is 0 Å². The second-order valence-electron chi connectivity index (χ2n) is 2.18. The van der Waals surface area contributed by atoms with Gasteiger partial charge in [-0.25, -0.2) is 0 Å². The molecule has 0 saturated carbocycles. The van der Waals surface area contributed by atoms with E-state index in [1.807, 2.05) is 21.3 Å². The third-order valence-corrected chi connectivity index (χ3v) is 0. The molecule has 0 aliphatic heterocycles. The van der Waals surface area contributed by atoms with Crippen LogP contribution in [0.25, 0.3) is 0 Å². The quantitative estimate of drug-likeness (QED) is 0.367. The van der Waals surface area contributed by atoms with E-state index in [0.29, 0.717) is 0 Å². The van der Waals surface area contributed by atoms with Crippen LogP contribution in [0.3, 0.4) is 0 Å². The zero-order chi connectivity index (χ0) is 9.99. The standard InChI is InChI=1S/C3H9O.6FH.Sb/c1-4(2)3;;;;;;;/h1-3H3;6*1H;/q+1;;;;;;;+5/p-6. The van der Waals surface area contributed by atoms with Gasteiger partial charge in [-0.3, -0.25) is 0 Å². The molecule has 0 aliphatic rings. The van der Waals surface area contributed by atoms with Crippen molar-refractivity contribution >= 4 is 19.5 Å². The minimum absolute atomic E-state index is 1.92. The third-order valence-electron chi connectivity index (χ3n) is 0. The molecule has 0 N–H and O–H groups in total. The predicted molar refractivity (Wildman–Crippen MR) is 31.3 cm³/mol. The Morgan fingerprint density at radius 1 is 0.727 bits per heavy atom. The molecule has 0 amide bonds.